The first-order valence-electron chi connectivity index (χ1n) is 9.89. The Morgan fingerprint density at radius 2 is 1.86 bits per heavy atom. The van der Waals surface area contributed by atoms with Crippen LogP contribution in [-0.4, -0.2) is 61.6 Å². The van der Waals surface area contributed by atoms with Crippen molar-refractivity contribution in [2.45, 2.75) is 69.2 Å². The van der Waals surface area contributed by atoms with E-state index < -0.39 is 28.2 Å². The quantitative estimate of drug-likeness (QED) is 0.752. The van der Waals surface area contributed by atoms with Crippen molar-refractivity contribution in [2.75, 3.05) is 12.9 Å². The van der Waals surface area contributed by atoms with Gasteiger partial charge in [0.1, 0.15) is 0 Å². The molecule has 1 aromatic carbocycles. The zero-order chi connectivity index (χ0) is 20.3. The van der Waals surface area contributed by atoms with Gasteiger partial charge in [0, 0.05) is 12.1 Å². The van der Waals surface area contributed by atoms with Crippen molar-refractivity contribution < 1.29 is 23.1 Å². The van der Waals surface area contributed by atoms with Gasteiger partial charge in [0.2, 0.25) is 10.0 Å². The number of nitrogens with one attached hydrogen (secondary N) is 1. The minimum absolute atomic E-state index is 0.0883. The molecule has 1 saturated heterocycles. The van der Waals surface area contributed by atoms with E-state index >= 15 is 0 Å². The number of amides is 1. The third kappa shape index (κ3) is 5.24. The van der Waals surface area contributed by atoms with Crippen LogP contribution in [0.5, 0.6) is 0 Å². The minimum atomic E-state index is -3.42. The maximum absolute atomic E-state index is 11.7. The Hall–Kier alpha value is -1.64. The molecule has 1 aliphatic carbocycles. The Morgan fingerprint density at radius 1 is 1.21 bits per heavy atom. The Kier molecular flexibility index (Phi) is 6.62. The largest absolute Gasteiger partial charge is 0.465 e. The number of benzene rings is 1. The lowest BCUT2D eigenvalue weighted by Crippen LogP contribution is -2.50. The molecule has 1 heterocycles. The Balaban J connectivity index is 1.57. The highest BCUT2D eigenvalue weighted by molar-refractivity contribution is 7.88. The molecule has 1 aromatic rings. The number of rotatable bonds is 6. The maximum Gasteiger partial charge on any atom is 0.407 e. The summed E-state index contributed by atoms with van der Waals surface area (Å²) < 4.78 is 32.0. The van der Waals surface area contributed by atoms with E-state index in [1.54, 1.807) is 6.92 Å². The molecular weight excluding hydrogens is 380 g/mol. The average molecular weight is 411 g/mol. The van der Waals surface area contributed by atoms with Crippen molar-refractivity contribution in [3.8, 4) is 0 Å². The van der Waals surface area contributed by atoms with Crippen LogP contribution in [0.1, 0.15) is 50.5 Å². The first-order chi connectivity index (χ1) is 13.2. The van der Waals surface area contributed by atoms with E-state index in [-0.39, 0.29) is 18.8 Å². The summed E-state index contributed by atoms with van der Waals surface area (Å²) in [5.74, 6) is 0.544. The van der Waals surface area contributed by atoms with E-state index in [4.69, 9.17) is 4.74 Å². The normalized spacial score (nSPS) is 31.1. The molecule has 1 amide bonds. The zero-order valence-electron chi connectivity index (χ0n) is 16.5. The average Bonchev–Trinajstić information content (AvgIpc) is 2.94. The maximum atomic E-state index is 11.7. The Morgan fingerprint density at radius 3 is 2.43 bits per heavy atom. The second-order valence-corrected chi connectivity index (χ2v) is 9.84. The molecule has 1 saturated carbocycles. The molecule has 0 spiro atoms. The van der Waals surface area contributed by atoms with Crippen LogP contribution in [-0.2, 0) is 14.8 Å². The molecule has 0 radical (unpaired) electrons. The van der Waals surface area contributed by atoms with Gasteiger partial charge >= 0.3 is 6.09 Å². The van der Waals surface area contributed by atoms with Gasteiger partial charge in [-0.25, -0.2) is 17.9 Å². The van der Waals surface area contributed by atoms with Gasteiger partial charge in [-0.15, -0.1) is 0 Å². The van der Waals surface area contributed by atoms with Gasteiger partial charge in [-0.2, -0.15) is 0 Å². The van der Waals surface area contributed by atoms with Crippen molar-refractivity contribution in [3.63, 3.8) is 0 Å². The molecule has 8 heteroatoms. The lowest BCUT2D eigenvalue weighted by molar-refractivity contribution is -0.00701. The lowest BCUT2D eigenvalue weighted by atomic mass is 9.83. The van der Waals surface area contributed by atoms with Crippen molar-refractivity contribution >= 4 is 16.1 Å². The van der Waals surface area contributed by atoms with Gasteiger partial charge in [-0.3, -0.25) is 4.90 Å². The smallest absolute Gasteiger partial charge is 0.407 e. The summed E-state index contributed by atoms with van der Waals surface area (Å²) in [6.07, 6.45) is 4.56. The van der Waals surface area contributed by atoms with E-state index in [9.17, 15) is 18.3 Å². The predicted octanol–water partition coefficient (Wildman–Crippen LogP) is 2.79. The predicted molar refractivity (Wildman–Crippen MR) is 107 cm³/mol. The fourth-order valence-electron chi connectivity index (χ4n) is 4.61. The fourth-order valence-corrected chi connectivity index (χ4v) is 5.41. The summed E-state index contributed by atoms with van der Waals surface area (Å²) >= 11 is 0. The van der Waals surface area contributed by atoms with Crippen LogP contribution in [0.4, 0.5) is 4.79 Å². The monoisotopic (exact) mass is 410 g/mol. The van der Waals surface area contributed by atoms with E-state index in [1.807, 2.05) is 6.07 Å². The highest BCUT2D eigenvalue weighted by Gasteiger charge is 2.43. The van der Waals surface area contributed by atoms with Crippen LogP contribution < -0.4 is 4.72 Å². The molecule has 3 rings (SSSR count). The topological polar surface area (TPSA) is 95.9 Å². The van der Waals surface area contributed by atoms with Crippen LogP contribution >= 0.6 is 0 Å². The van der Waals surface area contributed by atoms with Gasteiger partial charge in [-0.1, -0.05) is 30.3 Å². The molecule has 2 aliphatic rings. The summed E-state index contributed by atoms with van der Waals surface area (Å²) in [6.45, 7) is 2.01. The van der Waals surface area contributed by atoms with Crippen LogP contribution in [0.15, 0.2) is 30.3 Å². The van der Waals surface area contributed by atoms with Crippen molar-refractivity contribution in [1.29, 1.82) is 0 Å². The van der Waals surface area contributed by atoms with Gasteiger partial charge in [0.05, 0.1) is 25.0 Å². The minimum Gasteiger partial charge on any atom is -0.465 e. The number of carbonyl (C=O) groups is 1. The number of likely N-dealkylation sites (tertiary alicyclic amines) is 1. The summed E-state index contributed by atoms with van der Waals surface area (Å²) in [6, 6.07) is 9.27. The van der Waals surface area contributed by atoms with Crippen molar-refractivity contribution in [1.82, 2.24) is 9.62 Å². The number of sulfonamides is 1. The Labute approximate surface area is 167 Å². The molecule has 2 N–H and O–H groups in total. The van der Waals surface area contributed by atoms with Crippen molar-refractivity contribution in [2.24, 2.45) is 0 Å². The summed E-state index contributed by atoms with van der Waals surface area (Å²) in [5.41, 5.74) is 1.36. The van der Waals surface area contributed by atoms with Gasteiger partial charge < -0.3 is 9.84 Å². The second kappa shape index (κ2) is 8.80. The van der Waals surface area contributed by atoms with Gasteiger partial charge in [-0.05, 0) is 50.5 Å². The van der Waals surface area contributed by atoms with Crippen LogP contribution in [0.25, 0.3) is 0 Å². The van der Waals surface area contributed by atoms with E-state index in [1.165, 1.54) is 10.5 Å². The molecule has 156 valence electrons. The van der Waals surface area contributed by atoms with Gasteiger partial charge in [0.15, 0.2) is 0 Å². The number of ether oxygens (including phenoxy) is 1. The van der Waals surface area contributed by atoms with Crippen LogP contribution in [0, 0.1) is 0 Å². The molecule has 1 aliphatic heterocycles. The third-order valence-corrected chi connectivity index (χ3v) is 6.66. The zero-order valence-corrected chi connectivity index (χ0v) is 17.3. The summed E-state index contributed by atoms with van der Waals surface area (Å²) in [7, 11) is -3.42. The van der Waals surface area contributed by atoms with E-state index in [0.717, 1.165) is 31.9 Å². The molecule has 7 nitrogen and oxygen atoms in total. The summed E-state index contributed by atoms with van der Waals surface area (Å²) in [4.78, 5) is 13.0. The fraction of sp³-hybridized carbons (Fsp3) is 0.650. The first kappa shape index (κ1) is 21.1. The molecule has 2 fully saturated rings. The first-order valence-corrected chi connectivity index (χ1v) is 11.8. The lowest BCUT2D eigenvalue weighted by Gasteiger charge is -2.32. The SMILES string of the molecule is C[C@@H]1C[C@H](NS(C)(=O)=O)[C@H](COC2CCC(c3ccccc3)CC2)N1C(=O)O. The molecular formula is C20H30N2O5S. The van der Waals surface area contributed by atoms with E-state index in [0.29, 0.717) is 12.3 Å². The molecule has 28 heavy (non-hydrogen) atoms. The molecule has 0 bridgehead atoms. The number of nitrogens with zero attached hydrogens (tertiary/aromatic N) is 1. The standard InChI is InChI=1S/C20H30N2O5S/c1-14-12-18(21-28(2,25)26)19(22(14)20(23)24)13-27-17-10-8-16(9-11-17)15-6-4-3-5-7-15/h3-7,14,16-19,21H,8-13H2,1-2H3,(H,23,24)/t14-,16?,17?,18+,19+/m1/s1. The highest BCUT2D eigenvalue weighted by atomic mass is 32.2. The number of hydrogen-bond donors (Lipinski definition) is 2. The molecule has 3 atom stereocenters. The third-order valence-electron chi connectivity index (χ3n) is 5.93. The Bertz CT molecular complexity index is 762. The molecule has 0 unspecified atom stereocenters. The number of carboxylic acid groups (broad SMARTS) is 1. The highest BCUT2D eigenvalue weighted by Crippen LogP contribution is 2.34. The number of hydrogen-bond acceptors (Lipinski definition) is 4. The van der Waals surface area contributed by atoms with Gasteiger partial charge in [0.25, 0.3) is 0 Å². The van der Waals surface area contributed by atoms with E-state index in [2.05, 4.69) is 29.0 Å². The van der Waals surface area contributed by atoms with Crippen LogP contribution in [0.2, 0.25) is 0 Å². The second-order valence-electron chi connectivity index (χ2n) is 8.06. The molecule has 0 aromatic heterocycles. The summed E-state index contributed by atoms with van der Waals surface area (Å²) in [5, 5.41) is 9.56. The van der Waals surface area contributed by atoms with Crippen molar-refractivity contribution in [3.05, 3.63) is 35.9 Å². The van der Waals surface area contributed by atoms with Crippen LogP contribution in [0.3, 0.4) is 0 Å².